The van der Waals surface area contributed by atoms with E-state index >= 15 is 0 Å². The average molecular weight is 355 g/mol. The van der Waals surface area contributed by atoms with Crippen molar-refractivity contribution in [2.24, 2.45) is 0 Å². The summed E-state index contributed by atoms with van der Waals surface area (Å²) in [5, 5.41) is 3.12. The molecule has 0 aromatic carbocycles. The van der Waals surface area contributed by atoms with Crippen LogP contribution in [0.4, 0.5) is 5.95 Å². The van der Waals surface area contributed by atoms with E-state index in [-0.39, 0.29) is 5.91 Å². The number of nitrogens with zero attached hydrogens (tertiary/aromatic N) is 4. The first-order valence-electron chi connectivity index (χ1n) is 8.76. The third-order valence-electron chi connectivity index (χ3n) is 4.70. The molecule has 4 heterocycles. The Morgan fingerprint density at radius 2 is 1.88 bits per heavy atom. The quantitative estimate of drug-likeness (QED) is 0.888. The van der Waals surface area contributed by atoms with E-state index in [0.29, 0.717) is 57.2 Å². The van der Waals surface area contributed by atoms with Crippen molar-refractivity contribution in [2.75, 3.05) is 31.6 Å². The van der Waals surface area contributed by atoms with Gasteiger partial charge >= 0.3 is 0 Å². The summed E-state index contributed by atoms with van der Waals surface area (Å²) in [5.41, 5.74) is 1.52. The fraction of sp³-hybridized carbons (Fsp3) is 0.444. The standard InChI is InChI=1S/C18H21N5O3/c24-16(23-6-3-18(4-7-23)25-8-9-26-18)15-12-21-17(22-13-15)20-11-14-2-1-5-19-10-14/h1-2,5,10,12-13H,3-4,6-9,11H2,(H,20,21,22). The first-order chi connectivity index (χ1) is 12.7. The molecule has 1 spiro atoms. The molecule has 1 amide bonds. The van der Waals surface area contributed by atoms with Crippen molar-refractivity contribution in [2.45, 2.75) is 25.2 Å². The lowest BCUT2D eigenvalue weighted by molar-refractivity contribution is -0.181. The van der Waals surface area contributed by atoms with Gasteiger partial charge in [0.2, 0.25) is 5.95 Å². The van der Waals surface area contributed by atoms with Crippen LogP contribution in [-0.4, -0.2) is 57.8 Å². The van der Waals surface area contributed by atoms with E-state index < -0.39 is 5.79 Å². The second-order valence-corrected chi connectivity index (χ2v) is 6.41. The van der Waals surface area contributed by atoms with E-state index in [1.54, 1.807) is 29.7 Å². The molecule has 2 aromatic rings. The topological polar surface area (TPSA) is 89.5 Å². The second kappa shape index (κ2) is 7.35. The zero-order chi connectivity index (χ0) is 17.8. The fourth-order valence-corrected chi connectivity index (χ4v) is 3.23. The summed E-state index contributed by atoms with van der Waals surface area (Å²) in [4.78, 5) is 27.0. The van der Waals surface area contributed by atoms with Crippen molar-refractivity contribution in [1.29, 1.82) is 0 Å². The maximum atomic E-state index is 12.6. The van der Waals surface area contributed by atoms with Crippen molar-refractivity contribution in [3.63, 3.8) is 0 Å². The molecule has 2 aromatic heterocycles. The Kier molecular flexibility index (Phi) is 4.77. The van der Waals surface area contributed by atoms with E-state index in [1.165, 1.54) is 0 Å². The molecule has 26 heavy (non-hydrogen) atoms. The Balaban J connectivity index is 1.32. The highest BCUT2D eigenvalue weighted by atomic mass is 16.7. The number of hydrogen-bond donors (Lipinski definition) is 1. The summed E-state index contributed by atoms with van der Waals surface area (Å²) in [6.45, 7) is 3.07. The number of rotatable bonds is 4. The van der Waals surface area contributed by atoms with Crippen LogP contribution in [0.3, 0.4) is 0 Å². The molecule has 0 radical (unpaired) electrons. The van der Waals surface area contributed by atoms with Crippen LogP contribution in [0, 0.1) is 0 Å². The van der Waals surface area contributed by atoms with Crippen LogP contribution in [0.2, 0.25) is 0 Å². The van der Waals surface area contributed by atoms with Crippen molar-refractivity contribution in [3.8, 4) is 0 Å². The number of aromatic nitrogens is 3. The maximum Gasteiger partial charge on any atom is 0.256 e. The first-order valence-corrected chi connectivity index (χ1v) is 8.76. The van der Waals surface area contributed by atoms with Crippen LogP contribution in [0.25, 0.3) is 0 Å². The lowest BCUT2D eigenvalue weighted by atomic mass is 10.0. The number of pyridine rings is 1. The summed E-state index contributed by atoms with van der Waals surface area (Å²) in [6.07, 6.45) is 8.04. The van der Waals surface area contributed by atoms with Gasteiger partial charge in [0.15, 0.2) is 5.79 Å². The molecule has 2 fully saturated rings. The van der Waals surface area contributed by atoms with Crippen LogP contribution < -0.4 is 5.32 Å². The molecule has 8 heteroatoms. The molecular weight excluding hydrogens is 334 g/mol. The van der Waals surface area contributed by atoms with Gasteiger partial charge in [0.25, 0.3) is 5.91 Å². The lowest BCUT2D eigenvalue weighted by Gasteiger charge is -2.37. The zero-order valence-corrected chi connectivity index (χ0v) is 14.4. The Morgan fingerprint density at radius 3 is 2.54 bits per heavy atom. The lowest BCUT2D eigenvalue weighted by Crippen LogP contribution is -2.47. The summed E-state index contributed by atoms with van der Waals surface area (Å²) in [5.74, 6) is -0.0553. The third kappa shape index (κ3) is 3.66. The monoisotopic (exact) mass is 355 g/mol. The number of nitrogens with one attached hydrogen (secondary N) is 1. The highest BCUT2D eigenvalue weighted by Crippen LogP contribution is 2.31. The Bertz CT molecular complexity index is 737. The summed E-state index contributed by atoms with van der Waals surface area (Å²) in [6, 6.07) is 3.85. The number of amides is 1. The highest BCUT2D eigenvalue weighted by Gasteiger charge is 2.40. The summed E-state index contributed by atoms with van der Waals surface area (Å²) in [7, 11) is 0. The molecule has 0 unspecified atom stereocenters. The van der Waals surface area contributed by atoms with Crippen LogP contribution in [0.15, 0.2) is 36.9 Å². The Morgan fingerprint density at radius 1 is 1.15 bits per heavy atom. The molecule has 2 saturated heterocycles. The van der Waals surface area contributed by atoms with Crippen LogP contribution in [-0.2, 0) is 16.0 Å². The van der Waals surface area contributed by atoms with E-state index in [1.807, 2.05) is 12.1 Å². The second-order valence-electron chi connectivity index (χ2n) is 6.41. The molecule has 136 valence electrons. The third-order valence-corrected chi connectivity index (χ3v) is 4.70. The van der Waals surface area contributed by atoms with Crippen molar-refractivity contribution in [3.05, 3.63) is 48.0 Å². The van der Waals surface area contributed by atoms with Crippen LogP contribution >= 0.6 is 0 Å². The van der Waals surface area contributed by atoms with Gasteiger partial charge in [-0.15, -0.1) is 0 Å². The van der Waals surface area contributed by atoms with Gasteiger partial charge in [0.05, 0.1) is 18.8 Å². The van der Waals surface area contributed by atoms with Gasteiger partial charge in [-0.3, -0.25) is 9.78 Å². The normalized spacial score (nSPS) is 18.8. The molecule has 0 saturated carbocycles. The van der Waals surface area contributed by atoms with Crippen molar-refractivity contribution in [1.82, 2.24) is 19.9 Å². The predicted molar refractivity (Wildman–Crippen MR) is 93.4 cm³/mol. The zero-order valence-electron chi connectivity index (χ0n) is 14.4. The van der Waals surface area contributed by atoms with Crippen molar-refractivity contribution >= 4 is 11.9 Å². The molecule has 2 aliphatic rings. The molecule has 0 bridgehead atoms. The Labute approximate surface area is 151 Å². The minimum Gasteiger partial charge on any atom is -0.350 e. The van der Waals surface area contributed by atoms with Crippen LogP contribution in [0.5, 0.6) is 0 Å². The average Bonchev–Trinajstić information content (AvgIpc) is 3.16. The number of piperidine rings is 1. The minimum atomic E-state index is -0.479. The van der Waals surface area contributed by atoms with Gasteiger partial charge < -0.3 is 19.7 Å². The molecule has 0 aliphatic carbocycles. The predicted octanol–water partition coefficient (Wildman–Crippen LogP) is 1.46. The fourth-order valence-electron chi connectivity index (χ4n) is 3.23. The van der Waals surface area contributed by atoms with Gasteiger partial charge in [-0.25, -0.2) is 9.97 Å². The maximum absolute atomic E-state index is 12.6. The van der Waals surface area contributed by atoms with Gasteiger partial charge in [0.1, 0.15) is 0 Å². The van der Waals surface area contributed by atoms with Crippen LogP contribution in [0.1, 0.15) is 28.8 Å². The van der Waals surface area contributed by atoms with Gasteiger partial charge in [-0.1, -0.05) is 6.07 Å². The van der Waals surface area contributed by atoms with Gasteiger partial charge in [-0.2, -0.15) is 0 Å². The molecule has 2 aliphatic heterocycles. The van der Waals surface area contributed by atoms with E-state index in [2.05, 4.69) is 20.3 Å². The van der Waals surface area contributed by atoms with E-state index in [9.17, 15) is 4.79 Å². The Hall–Kier alpha value is -2.58. The molecular formula is C18H21N5O3. The highest BCUT2D eigenvalue weighted by molar-refractivity contribution is 5.93. The van der Waals surface area contributed by atoms with E-state index in [4.69, 9.17) is 9.47 Å². The molecule has 8 nitrogen and oxygen atoms in total. The summed E-state index contributed by atoms with van der Waals surface area (Å²) >= 11 is 0. The SMILES string of the molecule is O=C(c1cnc(NCc2cccnc2)nc1)N1CCC2(CC1)OCCO2. The largest absolute Gasteiger partial charge is 0.350 e. The van der Waals surface area contributed by atoms with Gasteiger partial charge in [0, 0.05) is 57.3 Å². The summed E-state index contributed by atoms with van der Waals surface area (Å²) < 4.78 is 11.4. The molecule has 1 N–H and O–H groups in total. The number of carbonyl (C=O) groups excluding carboxylic acids is 1. The smallest absolute Gasteiger partial charge is 0.256 e. The minimum absolute atomic E-state index is 0.0587. The van der Waals surface area contributed by atoms with Gasteiger partial charge in [-0.05, 0) is 11.6 Å². The first kappa shape index (κ1) is 16.9. The number of ether oxygens (including phenoxy) is 2. The number of carbonyl (C=O) groups is 1. The van der Waals surface area contributed by atoms with E-state index in [0.717, 1.165) is 5.56 Å². The molecule has 4 rings (SSSR count). The molecule has 0 atom stereocenters. The number of hydrogen-bond acceptors (Lipinski definition) is 7. The number of likely N-dealkylation sites (tertiary alicyclic amines) is 1. The number of anilines is 1. The van der Waals surface area contributed by atoms with Crippen molar-refractivity contribution < 1.29 is 14.3 Å².